The van der Waals surface area contributed by atoms with Crippen LogP contribution in [0.4, 0.5) is 5.69 Å². The summed E-state index contributed by atoms with van der Waals surface area (Å²) in [5, 5.41) is 5.87. The molecule has 4 nitrogen and oxygen atoms in total. The third kappa shape index (κ3) is 4.69. The highest BCUT2D eigenvalue weighted by molar-refractivity contribution is 5.93. The summed E-state index contributed by atoms with van der Waals surface area (Å²) < 4.78 is 0. The molecule has 0 aliphatic carbocycles. The molecule has 0 heterocycles. The maximum absolute atomic E-state index is 12.5. The van der Waals surface area contributed by atoms with Crippen LogP contribution in [-0.2, 0) is 16.0 Å². The lowest BCUT2D eigenvalue weighted by molar-refractivity contribution is -0.120. The number of carbonyl (C=O) groups excluding carboxylic acids is 2. The van der Waals surface area contributed by atoms with Crippen LogP contribution in [0.5, 0.6) is 0 Å². The number of anilines is 1. The average molecular weight is 324 g/mol. The van der Waals surface area contributed by atoms with E-state index in [1.165, 1.54) is 6.92 Å². The molecule has 4 heteroatoms. The normalized spacial score (nSPS) is 11.6. The summed E-state index contributed by atoms with van der Waals surface area (Å²) >= 11 is 0. The first-order valence-electron chi connectivity index (χ1n) is 8.21. The van der Waals surface area contributed by atoms with E-state index in [0.29, 0.717) is 0 Å². The van der Waals surface area contributed by atoms with E-state index < -0.39 is 0 Å². The Balaban J connectivity index is 2.15. The molecule has 1 atom stereocenters. The van der Waals surface area contributed by atoms with Crippen molar-refractivity contribution in [2.75, 3.05) is 5.32 Å². The van der Waals surface area contributed by atoms with Gasteiger partial charge in [0.2, 0.25) is 11.8 Å². The Hall–Kier alpha value is -2.62. The van der Waals surface area contributed by atoms with Gasteiger partial charge in [-0.25, -0.2) is 0 Å². The second-order valence-corrected chi connectivity index (χ2v) is 5.88. The van der Waals surface area contributed by atoms with Gasteiger partial charge in [0.15, 0.2) is 0 Å². The highest BCUT2D eigenvalue weighted by Crippen LogP contribution is 2.23. The molecule has 2 aromatic carbocycles. The monoisotopic (exact) mass is 324 g/mol. The van der Waals surface area contributed by atoms with Crippen LogP contribution in [0.1, 0.15) is 43.0 Å². The van der Waals surface area contributed by atoms with Crippen molar-refractivity contribution in [3.05, 3.63) is 65.2 Å². The summed E-state index contributed by atoms with van der Waals surface area (Å²) in [6.45, 7) is 5.51. The lowest BCUT2D eigenvalue weighted by atomic mass is 10.0. The summed E-state index contributed by atoms with van der Waals surface area (Å²) in [6.07, 6.45) is 1.05. The largest absolute Gasteiger partial charge is 0.349 e. The molecule has 0 spiro atoms. The van der Waals surface area contributed by atoms with Crippen LogP contribution < -0.4 is 10.6 Å². The Labute approximate surface area is 143 Å². The van der Waals surface area contributed by atoms with Gasteiger partial charge in [-0.3, -0.25) is 9.59 Å². The van der Waals surface area contributed by atoms with Gasteiger partial charge >= 0.3 is 0 Å². The molecule has 2 N–H and O–H groups in total. The summed E-state index contributed by atoms with van der Waals surface area (Å²) in [5.74, 6) is -0.261. The molecule has 24 heavy (non-hydrogen) atoms. The maximum Gasteiger partial charge on any atom is 0.226 e. The van der Waals surface area contributed by atoms with Crippen LogP contribution in [0, 0.1) is 6.92 Å². The quantitative estimate of drug-likeness (QED) is 0.850. The molecule has 0 saturated carbocycles. The maximum atomic E-state index is 12.5. The van der Waals surface area contributed by atoms with Crippen LogP contribution >= 0.6 is 0 Å². The van der Waals surface area contributed by atoms with Crippen molar-refractivity contribution in [3.63, 3.8) is 0 Å². The molecule has 0 unspecified atom stereocenters. The number of para-hydroxylation sites is 1. The molecule has 0 aromatic heterocycles. The summed E-state index contributed by atoms with van der Waals surface area (Å²) in [5.41, 5.74) is 3.95. The molecule has 126 valence electrons. The van der Waals surface area contributed by atoms with Crippen LogP contribution in [0.15, 0.2) is 48.5 Å². The molecule has 0 aliphatic heterocycles. The van der Waals surface area contributed by atoms with E-state index in [1.807, 2.05) is 55.5 Å². The Bertz CT molecular complexity index is 711. The fourth-order valence-electron chi connectivity index (χ4n) is 2.76. The fraction of sp³-hybridized carbons (Fsp3) is 0.300. The molecule has 0 bridgehead atoms. The van der Waals surface area contributed by atoms with Gasteiger partial charge in [0.1, 0.15) is 0 Å². The lowest BCUT2D eigenvalue weighted by Gasteiger charge is -2.19. The Morgan fingerprint density at radius 2 is 1.75 bits per heavy atom. The predicted octanol–water partition coefficient (Wildman–Crippen LogP) is 3.76. The zero-order valence-corrected chi connectivity index (χ0v) is 14.4. The number of rotatable bonds is 6. The molecule has 2 aromatic rings. The van der Waals surface area contributed by atoms with Crippen molar-refractivity contribution in [2.45, 2.75) is 39.7 Å². The highest BCUT2D eigenvalue weighted by atomic mass is 16.2. The van der Waals surface area contributed by atoms with Gasteiger partial charge in [-0.1, -0.05) is 55.5 Å². The van der Waals surface area contributed by atoms with E-state index in [2.05, 4.69) is 17.6 Å². The van der Waals surface area contributed by atoms with Gasteiger partial charge < -0.3 is 10.6 Å². The third-order valence-electron chi connectivity index (χ3n) is 3.97. The molecule has 0 fully saturated rings. The average Bonchev–Trinajstić information content (AvgIpc) is 2.56. The second kappa shape index (κ2) is 8.29. The topological polar surface area (TPSA) is 58.2 Å². The minimum atomic E-state index is -0.335. The standard InChI is InChI=1S/C20H24N2O2/c1-4-16-12-8-9-14(2)20(16)22-19(24)13-18(21-15(3)23)17-10-6-5-7-11-17/h5-12,18H,4,13H2,1-3H3,(H,21,23)(H,22,24)/t18-/m1/s1. The van der Waals surface area contributed by atoms with Crippen LogP contribution in [0.2, 0.25) is 0 Å². The Morgan fingerprint density at radius 3 is 2.38 bits per heavy atom. The number of aryl methyl sites for hydroxylation is 2. The number of amides is 2. The minimum Gasteiger partial charge on any atom is -0.349 e. The smallest absolute Gasteiger partial charge is 0.226 e. The summed E-state index contributed by atoms with van der Waals surface area (Å²) in [4.78, 5) is 24.0. The zero-order chi connectivity index (χ0) is 17.5. The number of hydrogen-bond acceptors (Lipinski definition) is 2. The van der Waals surface area contributed by atoms with Crippen molar-refractivity contribution < 1.29 is 9.59 Å². The van der Waals surface area contributed by atoms with Crippen molar-refractivity contribution in [1.29, 1.82) is 0 Å². The van der Waals surface area contributed by atoms with Gasteiger partial charge in [-0.15, -0.1) is 0 Å². The van der Waals surface area contributed by atoms with E-state index >= 15 is 0 Å². The molecular formula is C20H24N2O2. The fourth-order valence-corrected chi connectivity index (χ4v) is 2.76. The molecule has 0 saturated heterocycles. The first-order chi connectivity index (χ1) is 11.5. The van der Waals surface area contributed by atoms with E-state index in [4.69, 9.17) is 0 Å². The number of hydrogen-bond donors (Lipinski definition) is 2. The van der Waals surface area contributed by atoms with E-state index in [9.17, 15) is 9.59 Å². The molecular weight excluding hydrogens is 300 g/mol. The summed E-state index contributed by atoms with van der Waals surface area (Å²) in [6, 6.07) is 15.2. The van der Waals surface area contributed by atoms with Gasteiger partial charge in [-0.05, 0) is 30.0 Å². The van der Waals surface area contributed by atoms with E-state index in [0.717, 1.165) is 28.8 Å². The van der Waals surface area contributed by atoms with Crippen molar-refractivity contribution >= 4 is 17.5 Å². The highest BCUT2D eigenvalue weighted by Gasteiger charge is 2.18. The molecule has 0 aliphatic rings. The van der Waals surface area contributed by atoms with Gasteiger partial charge in [0.25, 0.3) is 0 Å². The predicted molar refractivity (Wildman–Crippen MR) is 96.8 cm³/mol. The minimum absolute atomic E-state index is 0.110. The number of benzene rings is 2. The first-order valence-corrected chi connectivity index (χ1v) is 8.21. The van der Waals surface area contributed by atoms with Crippen molar-refractivity contribution in [3.8, 4) is 0 Å². The zero-order valence-electron chi connectivity index (χ0n) is 14.4. The third-order valence-corrected chi connectivity index (χ3v) is 3.97. The lowest BCUT2D eigenvalue weighted by Crippen LogP contribution is -2.30. The van der Waals surface area contributed by atoms with E-state index in [1.54, 1.807) is 0 Å². The number of carbonyl (C=O) groups is 2. The Kier molecular flexibility index (Phi) is 6.13. The first kappa shape index (κ1) is 17.7. The van der Waals surface area contributed by atoms with Crippen LogP contribution in [-0.4, -0.2) is 11.8 Å². The number of nitrogens with one attached hydrogen (secondary N) is 2. The van der Waals surface area contributed by atoms with Gasteiger partial charge in [0, 0.05) is 12.6 Å². The Morgan fingerprint density at radius 1 is 1.04 bits per heavy atom. The van der Waals surface area contributed by atoms with Crippen molar-refractivity contribution in [1.82, 2.24) is 5.32 Å². The second-order valence-electron chi connectivity index (χ2n) is 5.88. The molecule has 0 radical (unpaired) electrons. The van der Waals surface area contributed by atoms with Gasteiger partial charge in [-0.2, -0.15) is 0 Å². The van der Waals surface area contributed by atoms with E-state index in [-0.39, 0.29) is 24.3 Å². The van der Waals surface area contributed by atoms with Gasteiger partial charge in [0.05, 0.1) is 12.5 Å². The summed E-state index contributed by atoms with van der Waals surface area (Å²) in [7, 11) is 0. The SMILES string of the molecule is CCc1cccc(C)c1NC(=O)C[C@@H](NC(C)=O)c1ccccc1. The van der Waals surface area contributed by atoms with Crippen LogP contribution in [0.3, 0.4) is 0 Å². The van der Waals surface area contributed by atoms with Crippen LogP contribution in [0.25, 0.3) is 0 Å². The molecule has 2 rings (SSSR count). The van der Waals surface area contributed by atoms with Crippen molar-refractivity contribution in [2.24, 2.45) is 0 Å². The molecule has 2 amide bonds.